The zero-order valence-corrected chi connectivity index (χ0v) is 18.9. The van der Waals surface area contributed by atoms with Crippen LogP contribution in [0.15, 0.2) is 91.3 Å². The van der Waals surface area contributed by atoms with Crippen molar-refractivity contribution in [3.8, 4) is 5.75 Å². The summed E-state index contributed by atoms with van der Waals surface area (Å²) in [6.45, 7) is 1.90. The molecule has 0 spiro atoms. The Hall–Kier alpha value is -4.19. The van der Waals surface area contributed by atoms with Gasteiger partial charge in [-0.1, -0.05) is 48.5 Å². The molecular formula is C28H26N4O2. The normalized spacial score (nSPS) is 11.1. The zero-order valence-electron chi connectivity index (χ0n) is 18.9. The molecule has 0 aliphatic rings. The molecule has 0 aliphatic heterocycles. The highest BCUT2D eigenvalue weighted by Crippen LogP contribution is 2.25. The summed E-state index contributed by atoms with van der Waals surface area (Å²) in [7, 11) is 0. The van der Waals surface area contributed by atoms with Crippen LogP contribution in [0.5, 0.6) is 5.75 Å². The molecule has 0 radical (unpaired) electrons. The molecule has 1 N–H and O–H groups in total. The first-order chi connectivity index (χ1) is 16.8. The fourth-order valence-electron chi connectivity index (χ4n) is 4.18. The summed E-state index contributed by atoms with van der Waals surface area (Å²) in [5, 5.41) is 5.27. The number of carbonyl (C=O) groups is 1. The van der Waals surface area contributed by atoms with Gasteiger partial charge in [-0.2, -0.15) is 0 Å². The number of benzene rings is 3. The van der Waals surface area contributed by atoms with E-state index >= 15 is 0 Å². The summed E-state index contributed by atoms with van der Waals surface area (Å²) in [5.74, 6) is 1.74. The van der Waals surface area contributed by atoms with Crippen LogP contribution in [-0.4, -0.2) is 33.6 Å². The van der Waals surface area contributed by atoms with Gasteiger partial charge in [0.1, 0.15) is 11.6 Å². The van der Waals surface area contributed by atoms with Gasteiger partial charge < -0.3 is 14.6 Å². The van der Waals surface area contributed by atoms with Gasteiger partial charge in [0.15, 0.2) is 0 Å². The van der Waals surface area contributed by atoms with Crippen LogP contribution in [0, 0.1) is 0 Å². The third kappa shape index (κ3) is 4.76. The Morgan fingerprint density at radius 1 is 0.941 bits per heavy atom. The number of imidazole rings is 1. The summed E-state index contributed by atoms with van der Waals surface area (Å²) < 4.78 is 8.37. The van der Waals surface area contributed by atoms with E-state index in [4.69, 9.17) is 9.72 Å². The van der Waals surface area contributed by atoms with Crippen molar-refractivity contribution in [1.29, 1.82) is 0 Å². The quantitative estimate of drug-likeness (QED) is 0.320. The van der Waals surface area contributed by atoms with Crippen LogP contribution < -0.4 is 10.1 Å². The van der Waals surface area contributed by atoms with Gasteiger partial charge in [-0.25, -0.2) is 4.98 Å². The number of para-hydroxylation sites is 2. The van der Waals surface area contributed by atoms with Crippen molar-refractivity contribution in [2.75, 3.05) is 13.2 Å². The number of ether oxygens (including phenoxy) is 1. The molecule has 3 aromatic carbocycles. The van der Waals surface area contributed by atoms with Crippen molar-refractivity contribution in [3.63, 3.8) is 0 Å². The van der Waals surface area contributed by atoms with Crippen LogP contribution in [0.4, 0.5) is 0 Å². The summed E-state index contributed by atoms with van der Waals surface area (Å²) in [6, 6.07) is 26.1. The third-order valence-electron chi connectivity index (χ3n) is 5.82. The first kappa shape index (κ1) is 21.6. The molecule has 5 aromatic rings. The van der Waals surface area contributed by atoms with E-state index in [0.29, 0.717) is 25.1 Å². The highest BCUT2D eigenvalue weighted by Gasteiger charge is 2.12. The minimum atomic E-state index is -0.126. The summed E-state index contributed by atoms with van der Waals surface area (Å²) in [6.07, 6.45) is 4.72. The van der Waals surface area contributed by atoms with Gasteiger partial charge in [0, 0.05) is 37.3 Å². The number of hydrogen-bond acceptors (Lipinski definition) is 4. The molecule has 0 unspecified atom stereocenters. The number of carbonyl (C=O) groups excluding carboxylic acids is 1. The van der Waals surface area contributed by atoms with Crippen LogP contribution in [0.2, 0.25) is 0 Å². The van der Waals surface area contributed by atoms with Crippen LogP contribution >= 0.6 is 0 Å². The van der Waals surface area contributed by atoms with E-state index in [2.05, 4.69) is 39.1 Å². The molecule has 2 aromatic heterocycles. The average molecular weight is 451 g/mol. The van der Waals surface area contributed by atoms with E-state index in [9.17, 15) is 4.79 Å². The molecule has 2 heterocycles. The lowest BCUT2D eigenvalue weighted by Gasteiger charge is -2.12. The minimum absolute atomic E-state index is 0.126. The van der Waals surface area contributed by atoms with Gasteiger partial charge in [0.05, 0.1) is 23.2 Å². The number of fused-ring (bicyclic) bond motifs is 2. The largest absolute Gasteiger partial charge is 0.493 e. The van der Waals surface area contributed by atoms with Crippen LogP contribution in [0.25, 0.3) is 21.8 Å². The Morgan fingerprint density at radius 3 is 2.71 bits per heavy atom. The van der Waals surface area contributed by atoms with E-state index in [0.717, 1.165) is 41.0 Å². The molecular weight excluding hydrogens is 424 g/mol. The number of rotatable bonds is 9. The molecule has 0 atom stereocenters. The average Bonchev–Trinajstić information content (AvgIpc) is 3.24. The van der Waals surface area contributed by atoms with Gasteiger partial charge in [-0.3, -0.25) is 9.78 Å². The molecule has 0 fully saturated rings. The van der Waals surface area contributed by atoms with Crippen molar-refractivity contribution in [1.82, 2.24) is 19.9 Å². The molecule has 5 rings (SSSR count). The molecule has 1 amide bonds. The predicted octanol–water partition coefficient (Wildman–Crippen LogP) is 5.03. The highest BCUT2D eigenvalue weighted by atomic mass is 16.5. The van der Waals surface area contributed by atoms with Crippen molar-refractivity contribution in [2.45, 2.75) is 19.4 Å². The molecule has 0 aliphatic carbocycles. The number of pyridine rings is 1. The van der Waals surface area contributed by atoms with Gasteiger partial charge in [-0.15, -0.1) is 0 Å². The highest BCUT2D eigenvalue weighted by molar-refractivity contribution is 5.93. The fourth-order valence-corrected chi connectivity index (χ4v) is 4.18. The minimum Gasteiger partial charge on any atom is -0.493 e. The van der Waals surface area contributed by atoms with Crippen molar-refractivity contribution in [3.05, 3.63) is 103 Å². The smallest absolute Gasteiger partial charge is 0.252 e. The molecule has 6 nitrogen and oxygen atoms in total. The number of nitrogens with zero attached hydrogens (tertiary/aromatic N) is 3. The summed E-state index contributed by atoms with van der Waals surface area (Å²) in [5.41, 5.74) is 2.62. The molecule has 0 saturated heterocycles. The van der Waals surface area contributed by atoms with Crippen LogP contribution in [0.1, 0.15) is 22.6 Å². The fraction of sp³-hybridized carbons (Fsp3) is 0.179. The number of aromatic nitrogens is 3. The first-order valence-electron chi connectivity index (χ1n) is 11.5. The first-order valence-corrected chi connectivity index (χ1v) is 11.5. The van der Waals surface area contributed by atoms with Crippen molar-refractivity contribution >= 4 is 27.7 Å². The van der Waals surface area contributed by atoms with E-state index in [1.54, 1.807) is 24.5 Å². The van der Waals surface area contributed by atoms with Gasteiger partial charge in [0.2, 0.25) is 0 Å². The Balaban J connectivity index is 1.23. The molecule has 34 heavy (non-hydrogen) atoms. The summed E-state index contributed by atoms with van der Waals surface area (Å²) >= 11 is 0. The predicted molar refractivity (Wildman–Crippen MR) is 134 cm³/mol. The van der Waals surface area contributed by atoms with E-state index < -0.39 is 0 Å². The van der Waals surface area contributed by atoms with Crippen LogP contribution in [0.3, 0.4) is 0 Å². The molecule has 0 bridgehead atoms. The van der Waals surface area contributed by atoms with Crippen LogP contribution in [-0.2, 0) is 13.0 Å². The lowest BCUT2D eigenvalue weighted by molar-refractivity contribution is 0.0953. The molecule has 170 valence electrons. The number of aryl methyl sites for hydroxylation is 1. The SMILES string of the molecule is O=C(NCCc1nc2ccccc2n1CCCOc1cccc2ccccc12)c1cccnc1. The zero-order chi connectivity index (χ0) is 23.2. The second kappa shape index (κ2) is 10.2. The standard InChI is InChI=1S/C28H26N4O2/c33-28(22-10-6-16-29-20-22)30-17-15-27-31-24-12-3-4-13-25(24)32(27)18-7-19-34-26-14-5-9-21-8-1-2-11-23(21)26/h1-6,8-14,16,20H,7,15,17-19H2,(H,30,33). The van der Waals surface area contributed by atoms with Gasteiger partial charge in [-0.05, 0) is 42.1 Å². The number of hydrogen-bond donors (Lipinski definition) is 1. The Labute approximate surface area is 198 Å². The molecule has 0 saturated carbocycles. The maximum atomic E-state index is 12.3. The number of nitrogens with one attached hydrogen (secondary N) is 1. The lowest BCUT2D eigenvalue weighted by Crippen LogP contribution is -2.26. The Bertz CT molecular complexity index is 1410. The molecule has 6 heteroatoms. The van der Waals surface area contributed by atoms with E-state index in [1.165, 1.54) is 5.39 Å². The maximum absolute atomic E-state index is 12.3. The number of amides is 1. The van der Waals surface area contributed by atoms with E-state index in [-0.39, 0.29) is 5.91 Å². The van der Waals surface area contributed by atoms with E-state index in [1.807, 2.05) is 42.5 Å². The van der Waals surface area contributed by atoms with Crippen molar-refractivity contribution < 1.29 is 9.53 Å². The summed E-state index contributed by atoms with van der Waals surface area (Å²) in [4.78, 5) is 21.2. The van der Waals surface area contributed by atoms with Gasteiger partial charge >= 0.3 is 0 Å². The third-order valence-corrected chi connectivity index (χ3v) is 5.82. The Kier molecular flexibility index (Phi) is 6.47. The van der Waals surface area contributed by atoms with Gasteiger partial charge in [0.25, 0.3) is 5.91 Å². The van der Waals surface area contributed by atoms with Crippen molar-refractivity contribution in [2.24, 2.45) is 0 Å². The monoisotopic (exact) mass is 450 g/mol. The lowest BCUT2D eigenvalue weighted by atomic mass is 10.1. The second-order valence-electron chi connectivity index (χ2n) is 8.10. The maximum Gasteiger partial charge on any atom is 0.252 e. The Morgan fingerprint density at radius 2 is 1.79 bits per heavy atom. The topological polar surface area (TPSA) is 69.0 Å². The second-order valence-corrected chi connectivity index (χ2v) is 8.10.